The Morgan fingerprint density at radius 1 is 1.39 bits per heavy atom. The third-order valence-electron chi connectivity index (χ3n) is 4.41. The molecule has 0 spiro atoms. The van der Waals surface area contributed by atoms with Crippen molar-refractivity contribution in [3.8, 4) is 5.75 Å². The minimum atomic E-state index is 0.633. The van der Waals surface area contributed by atoms with Crippen molar-refractivity contribution in [3.63, 3.8) is 0 Å². The van der Waals surface area contributed by atoms with Crippen molar-refractivity contribution in [1.82, 2.24) is 5.32 Å². The van der Waals surface area contributed by atoms with Crippen molar-refractivity contribution in [3.05, 3.63) is 28.8 Å². The van der Waals surface area contributed by atoms with Crippen LogP contribution >= 0.6 is 11.6 Å². The molecule has 2 saturated carbocycles. The normalized spacial score (nSPS) is 20.8. The molecule has 18 heavy (non-hydrogen) atoms. The van der Waals surface area contributed by atoms with Crippen molar-refractivity contribution in [2.45, 2.75) is 32.2 Å². The third-order valence-corrected chi connectivity index (χ3v) is 4.76. The maximum absolute atomic E-state index is 6.23. The van der Waals surface area contributed by atoms with Gasteiger partial charge in [-0.2, -0.15) is 0 Å². The molecule has 3 rings (SSSR count). The van der Waals surface area contributed by atoms with E-state index in [4.69, 9.17) is 16.3 Å². The van der Waals surface area contributed by atoms with E-state index in [2.05, 4.69) is 5.32 Å². The van der Waals surface area contributed by atoms with Crippen LogP contribution in [0.5, 0.6) is 5.75 Å². The van der Waals surface area contributed by atoms with E-state index < -0.39 is 0 Å². The number of rotatable bonds is 6. The van der Waals surface area contributed by atoms with E-state index in [1.807, 2.05) is 18.2 Å². The number of halogens is 1. The van der Waals surface area contributed by atoms with E-state index in [1.54, 1.807) is 7.11 Å². The Labute approximate surface area is 114 Å². The van der Waals surface area contributed by atoms with E-state index in [1.165, 1.54) is 25.7 Å². The summed E-state index contributed by atoms with van der Waals surface area (Å²) in [6.07, 6.45) is 5.70. The van der Waals surface area contributed by atoms with Crippen LogP contribution in [-0.4, -0.2) is 13.7 Å². The smallest absolute Gasteiger partial charge is 0.124 e. The first kappa shape index (κ1) is 12.3. The summed E-state index contributed by atoms with van der Waals surface area (Å²) in [5, 5.41) is 4.37. The van der Waals surface area contributed by atoms with Crippen molar-refractivity contribution < 1.29 is 4.74 Å². The zero-order chi connectivity index (χ0) is 12.6. The highest BCUT2D eigenvalue weighted by Crippen LogP contribution is 2.60. The molecule has 3 heteroatoms. The van der Waals surface area contributed by atoms with Crippen LogP contribution < -0.4 is 10.1 Å². The molecule has 0 atom stereocenters. The van der Waals surface area contributed by atoms with Crippen molar-refractivity contribution in [1.29, 1.82) is 0 Å². The number of ether oxygens (including phenoxy) is 1. The minimum absolute atomic E-state index is 0.633. The molecular weight excluding hydrogens is 246 g/mol. The zero-order valence-electron chi connectivity index (χ0n) is 10.8. The fourth-order valence-corrected chi connectivity index (χ4v) is 3.16. The molecule has 2 nitrogen and oxygen atoms in total. The maximum atomic E-state index is 6.23. The molecule has 0 amide bonds. The zero-order valence-corrected chi connectivity index (χ0v) is 11.6. The van der Waals surface area contributed by atoms with E-state index in [0.29, 0.717) is 5.41 Å². The average molecular weight is 266 g/mol. The lowest BCUT2D eigenvalue weighted by Crippen LogP contribution is -2.25. The number of hydrogen-bond acceptors (Lipinski definition) is 2. The first-order valence-electron chi connectivity index (χ1n) is 6.77. The van der Waals surface area contributed by atoms with Gasteiger partial charge in [0.15, 0.2) is 0 Å². The quantitative estimate of drug-likeness (QED) is 0.848. The largest absolute Gasteiger partial charge is 0.496 e. The summed E-state index contributed by atoms with van der Waals surface area (Å²) in [6.45, 7) is 1.93. The first-order chi connectivity index (χ1) is 8.75. The Bertz CT molecular complexity index is 438. The monoisotopic (exact) mass is 265 g/mol. The van der Waals surface area contributed by atoms with E-state index in [0.717, 1.165) is 35.3 Å². The second-order valence-corrected chi connectivity index (χ2v) is 6.07. The Morgan fingerprint density at radius 3 is 2.78 bits per heavy atom. The van der Waals surface area contributed by atoms with Crippen molar-refractivity contribution in [2.24, 2.45) is 11.3 Å². The SMILES string of the molecule is COc1cccc(Cl)c1CNCC1(C2CC2)CC1. The number of methoxy groups -OCH3 is 1. The molecule has 0 radical (unpaired) electrons. The fraction of sp³-hybridized carbons (Fsp3) is 0.600. The molecule has 1 aromatic carbocycles. The molecule has 0 aliphatic heterocycles. The lowest BCUT2D eigenvalue weighted by molar-refractivity contribution is 0.390. The van der Waals surface area contributed by atoms with Crippen LogP contribution in [0.4, 0.5) is 0 Å². The molecule has 0 unspecified atom stereocenters. The summed E-state index contributed by atoms with van der Waals surface area (Å²) in [5.74, 6) is 1.88. The highest BCUT2D eigenvalue weighted by molar-refractivity contribution is 6.31. The van der Waals surface area contributed by atoms with Crippen LogP contribution in [0.2, 0.25) is 5.02 Å². The predicted molar refractivity (Wildman–Crippen MR) is 74.1 cm³/mol. The second-order valence-electron chi connectivity index (χ2n) is 5.66. The van der Waals surface area contributed by atoms with Crippen LogP contribution in [-0.2, 0) is 6.54 Å². The summed E-state index contributed by atoms with van der Waals surface area (Å²) in [6, 6.07) is 5.82. The molecule has 0 heterocycles. The molecule has 0 saturated heterocycles. The molecule has 98 valence electrons. The van der Waals surface area contributed by atoms with Crippen molar-refractivity contribution in [2.75, 3.05) is 13.7 Å². The molecule has 1 N–H and O–H groups in total. The van der Waals surface area contributed by atoms with Crippen LogP contribution in [0.1, 0.15) is 31.2 Å². The summed E-state index contributed by atoms with van der Waals surface area (Å²) in [7, 11) is 1.70. The van der Waals surface area contributed by atoms with Crippen LogP contribution in [0.25, 0.3) is 0 Å². The lowest BCUT2D eigenvalue weighted by atomic mass is 10.0. The van der Waals surface area contributed by atoms with Crippen LogP contribution in [0.3, 0.4) is 0 Å². The highest BCUT2D eigenvalue weighted by atomic mass is 35.5. The molecule has 1 aromatic rings. The molecule has 2 aliphatic carbocycles. The summed E-state index contributed by atoms with van der Waals surface area (Å²) in [4.78, 5) is 0. The van der Waals surface area contributed by atoms with Gasteiger partial charge in [-0.05, 0) is 49.1 Å². The average Bonchev–Trinajstić information content (AvgIpc) is 3.24. The molecule has 2 aliphatic rings. The lowest BCUT2D eigenvalue weighted by Gasteiger charge is -2.16. The molecule has 0 aromatic heterocycles. The summed E-state index contributed by atoms with van der Waals surface area (Å²) >= 11 is 6.23. The van der Waals surface area contributed by atoms with Gasteiger partial charge >= 0.3 is 0 Å². The Morgan fingerprint density at radius 2 is 2.17 bits per heavy atom. The van der Waals surface area contributed by atoms with Gasteiger partial charge < -0.3 is 10.1 Å². The molecule has 0 bridgehead atoms. The highest BCUT2D eigenvalue weighted by Gasteiger charge is 2.53. The van der Waals surface area contributed by atoms with Crippen LogP contribution in [0.15, 0.2) is 18.2 Å². The van der Waals surface area contributed by atoms with Gasteiger partial charge in [0.25, 0.3) is 0 Å². The summed E-state index contributed by atoms with van der Waals surface area (Å²) in [5.41, 5.74) is 1.71. The Balaban J connectivity index is 1.59. The topological polar surface area (TPSA) is 21.3 Å². The van der Waals surface area contributed by atoms with Gasteiger partial charge in [-0.15, -0.1) is 0 Å². The number of nitrogens with one attached hydrogen (secondary N) is 1. The van der Waals surface area contributed by atoms with Gasteiger partial charge in [-0.25, -0.2) is 0 Å². The van der Waals surface area contributed by atoms with E-state index in [9.17, 15) is 0 Å². The standard InChI is InChI=1S/C15H20ClNO/c1-18-14-4-2-3-13(16)12(14)9-17-10-15(7-8-15)11-5-6-11/h2-4,11,17H,5-10H2,1H3. The van der Waals surface area contributed by atoms with Crippen molar-refractivity contribution >= 4 is 11.6 Å². The van der Waals surface area contributed by atoms with Gasteiger partial charge in [-0.1, -0.05) is 17.7 Å². The first-order valence-corrected chi connectivity index (χ1v) is 7.15. The van der Waals surface area contributed by atoms with Gasteiger partial charge in [0.1, 0.15) is 5.75 Å². The molecular formula is C15H20ClNO. The predicted octanol–water partition coefficient (Wildman–Crippen LogP) is 3.63. The fourth-order valence-electron chi connectivity index (χ4n) is 2.92. The van der Waals surface area contributed by atoms with Gasteiger partial charge in [-0.3, -0.25) is 0 Å². The second kappa shape index (κ2) is 4.75. The third kappa shape index (κ3) is 2.36. The van der Waals surface area contributed by atoms with E-state index >= 15 is 0 Å². The maximum Gasteiger partial charge on any atom is 0.124 e. The van der Waals surface area contributed by atoms with E-state index in [-0.39, 0.29) is 0 Å². The minimum Gasteiger partial charge on any atom is -0.496 e. The van der Waals surface area contributed by atoms with Crippen LogP contribution in [0, 0.1) is 11.3 Å². The van der Waals surface area contributed by atoms with Gasteiger partial charge in [0, 0.05) is 23.7 Å². The Kier molecular flexibility index (Phi) is 3.25. The van der Waals surface area contributed by atoms with Gasteiger partial charge in [0.05, 0.1) is 7.11 Å². The molecule has 2 fully saturated rings. The number of hydrogen-bond donors (Lipinski definition) is 1. The summed E-state index contributed by atoms with van der Waals surface area (Å²) < 4.78 is 5.36. The number of benzene rings is 1. The van der Waals surface area contributed by atoms with Gasteiger partial charge in [0.2, 0.25) is 0 Å². The Hall–Kier alpha value is -0.730.